The first-order chi connectivity index (χ1) is 11.2. The van der Waals surface area contributed by atoms with Crippen LogP contribution < -0.4 is 9.64 Å². The van der Waals surface area contributed by atoms with Crippen LogP contribution in [0.4, 0.5) is 5.69 Å². The molecule has 4 nitrogen and oxygen atoms in total. The summed E-state index contributed by atoms with van der Waals surface area (Å²) in [6.45, 7) is 2.45. The fraction of sp³-hybridized carbons (Fsp3) is 0.263. The highest BCUT2D eigenvalue weighted by molar-refractivity contribution is 6.00. The Hall–Kier alpha value is -2.80. The molecule has 1 unspecified atom stereocenters. The van der Waals surface area contributed by atoms with Crippen molar-refractivity contribution in [1.82, 2.24) is 0 Å². The molecule has 1 aliphatic rings. The van der Waals surface area contributed by atoms with Crippen LogP contribution in [0.15, 0.2) is 48.5 Å². The second kappa shape index (κ2) is 6.53. The molecule has 4 heteroatoms. The normalized spacial score (nSPS) is 16.4. The average Bonchev–Trinajstić information content (AvgIpc) is 2.61. The van der Waals surface area contributed by atoms with Gasteiger partial charge in [-0.05, 0) is 24.1 Å². The van der Waals surface area contributed by atoms with E-state index < -0.39 is 6.10 Å². The van der Waals surface area contributed by atoms with Gasteiger partial charge in [-0.3, -0.25) is 4.79 Å². The molecule has 3 rings (SSSR count). The monoisotopic (exact) mass is 306 g/mol. The lowest BCUT2D eigenvalue weighted by molar-refractivity contribution is -0.126. The molecule has 2 aromatic rings. The first kappa shape index (κ1) is 15.1. The number of rotatable bonds is 4. The van der Waals surface area contributed by atoms with Crippen molar-refractivity contribution in [3.05, 3.63) is 59.7 Å². The molecule has 23 heavy (non-hydrogen) atoms. The Morgan fingerprint density at radius 1 is 1.22 bits per heavy atom. The minimum absolute atomic E-state index is 0.118. The number of fused-ring (bicyclic) bond motifs is 1. The summed E-state index contributed by atoms with van der Waals surface area (Å²) in [6.07, 6.45) is 0.522. The van der Waals surface area contributed by atoms with Gasteiger partial charge in [0.05, 0.1) is 18.2 Å². The van der Waals surface area contributed by atoms with E-state index in [1.165, 1.54) is 0 Å². The number of nitrogens with zero attached hydrogens (tertiary/aromatic N) is 2. The number of hydrogen-bond donors (Lipinski definition) is 0. The first-order valence-electron chi connectivity index (χ1n) is 7.77. The number of hydrogen-bond acceptors (Lipinski definition) is 3. The molecule has 0 radical (unpaired) electrons. The van der Waals surface area contributed by atoms with Crippen molar-refractivity contribution in [2.75, 3.05) is 11.4 Å². The second-order valence-corrected chi connectivity index (χ2v) is 5.46. The topological polar surface area (TPSA) is 53.3 Å². The highest BCUT2D eigenvalue weighted by Gasteiger charge is 2.35. The maximum atomic E-state index is 12.9. The van der Waals surface area contributed by atoms with Gasteiger partial charge in [0.2, 0.25) is 6.10 Å². The van der Waals surface area contributed by atoms with Crippen LogP contribution in [0.1, 0.15) is 30.6 Å². The van der Waals surface area contributed by atoms with E-state index in [2.05, 4.69) is 13.0 Å². The molecular weight excluding hydrogens is 288 g/mol. The van der Waals surface area contributed by atoms with Gasteiger partial charge < -0.3 is 9.64 Å². The van der Waals surface area contributed by atoms with E-state index in [-0.39, 0.29) is 5.91 Å². The molecular formula is C19H18N2O2. The zero-order valence-corrected chi connectivity index (χ0v) is 13.0. The first-order valence-corrected chi connectivity index (χ1v) is 7.77. The molecule has 0 saturated carbocycles. The fourth-order valence-corrected chi connectivity index (χ4v) is 2.76. The molecule has 0 aromatic heterocycles. The third kappa shape index (κ3) is 2.91. The molecule has 0 spiro atoms. The van der Waals surface area contributed by atoms with Gasteiger partial charge in [0.15, 0.2) is 0 Å². The SMILES string of the molecule is CCc1ccc2c(c1)N(CCC#N)C(=O)C(c1ccccc1)O2. The summed E-state index contributed by atoms with van der Waals surface area (Å²) >= 11 is 0. The van der Waals surface area contributed by atoms with Crippen LogP contribution in [-0.2, 0) is 11.2 Å². The summed E-state index contributed by atoms with van der Waals surface area (Å²) < 4.78 is 5.97. The van der Waals surface area contributed by atoms with Gasteiger partial charge in [0.25, 0.3) is 5.91 Å². The molecule has 1 atom stereocenters. The molecule has 1 heterocycles. The maximum Gasteiger partial charge on any atom is 0.272 e. The fourth-order valence-electron chi connectivity index (χ4n) is 2.76. The van der Waals surface area contributed by atoms with Crippen LogP contribution in [0.25, 0.3) is 0 Å². The predicted octanol–water partition coefficient (Wildman–Crippen LogP) is 3.63. The Labute approximate surface area is 135 Å². The Balaban J connectivity index is 2.03. The molecule has 2 aromatic carbocycles. The summed E-state index contributed by atoms with van der Waals surface area (Å²) in [5.74, 6) is 0.570. The van der Waals surface area contributed by atoms with Crippen molar-refractivity contribution in [3.63, 3.8) is 0 Å². The molecule has 116 valence electrons. The smallest absolute Gasteiger partial charge is 0.272 e. The number of amides is 1. The molecule has 1 amide bonds. The third-order valence-electron chi connectivity index (χ3n) is 4.01. The largest absolute Gasteiger partial charge is 0.474 e. The van der Waals surface area contributed by atoms with Gasteiger partial charge in [-0.2, -0.15) is 5.26 Å². The van der Waals surface area contributed by atoms with E-state index in [4.69, 9.17) is 10.00 Å². The quantitative estimate of drug-likeness (QED) is 0.866. The highest BCUT2D eigenvalue weighted by Crippen LogP contribution is 2.39. The van der Waals surface area contributed by atoms with E-state index in [1.807, 2.05) is 48.5 Å². The van der Waals surface area contributed by atoms with E-state index in [0.29, 0.717) is 18.7 Å². The number of carbonyl (C=O) groups excluding carboxylic acids is 1. The molecule has 0 bridgehead atoms. The zero-order chi connectivity index (χ0) is 16.2. The number of nitriles is 1. The Bertz CT molecular complexity index is 750. The molecule has 0 fully saturated rings. The minimum Gasteiger partial charge on any atom is -0.474 e. The minimum atomic E-state index is -0.658. The van der Waals surface area contributed by atoms with Crippen LogP contribution in [0.2, 0.25) is 0 Å². The molecule has 0 N–H and O–H groups in total. The van der Waals surface area contributed by atoms with E-state index >= 15 is 0 Å². The van der Waals surface area contributed by atoms with Crippen LogP contribution >= 0.6 is 0 Å². The van der Waals surface area contributed by atoms with Gasteiger partial charge in [-0.15, -0.1) is 0 Å². The van der Waals surface area contributed by atoms with Gasteiger partial charge in [-0.25, -0.2) is 0 Å². The second-order valence-electron chi connectivity index (χ2n) is 5.46. The van der Waals surface area contributed by atoms with Crippen molar-refractivity contribution in [3.8, 4) is 11.8 Å². The Morgan fingerprint density at radius 3 is 2.70 bits per heavy atom. The summed E-state index contributed by atoms with van der Waals surface area (Å²) in [6, 6.07) is 17.5. The van der Waals surface area contributed by atoms with Crippen LogP contribution in [0, 0.1) is 11.3 Å². The summed E-state index contributed by atoms with van der Waals surface area (Å²) in [4.78, 5) is 14.6. The Morgan fingerprint density at radius 2 is 2.00 bits per heavy atom. The third-order valence-corrected chi connectivity index (χ3v) is 4.01. The molecule has 1 aliphatic heterocycles. The van der Waals surface area contributed by atoms with E-state index in [0.717, 1.165) is 23.2 Å². The lowest BCUT2D eigenvalue weighted by Crippen LogP contribution is -2.41. The maximum absolute atomic E-state index is 12.9. The van der Waals surface area contributed by atoms with Crippen LogP contribution in [-0.4, -0.2) is 12.5 Å². The standard InChI is InChI=1S/C19H18N2O2/c1-2-14-9-10-17-16(13-14)21(12-6-11-20)19(22)18(23-17)15-7-4-3-5-8-15/h3-5,7-10,13,18H,2,6,12H2,1H3. The Kier molecular flexibility index (Phi) is 4.29. The van der Waals surface area contributed by atoms with Crippen molar-refractivity contribution < 1.29 is 9.53 Å². The molecule has 0 aliphatic carbocycles. The van der Waals surface area contributed by atoms with Crippen molar-refractivity contribution >= 4 is 11.6 Å². The van der Waals surface area contributed by atoms with Crippen molar-refractivity contribution in [2.24, 2.45) is 0 Å². The van der Waals surface area contributed by atoms with Crippen LogP contribution in [0.3, 0.4) is 0 Å². The number of anilines is 1. The summed E-state index contributed by atoms with van der Waals surface area (Å²) in [7, 11) is 0. The van der Waals surface area contributed by atoms with Gasteiger partial charge in [0.1, 0.15) is 5.75 Å². The van der Waals surface area contributed by atoms with Crippen LogP contribution in [0.5, 0.6) is 5.75 Å². The van der Waals surface area contributed by atoms with Gasteiger partial charge in [0, 0.05) is 12.1 Å². The van der Waals surface area contributed by atoms with Crippen molar-refractivity contribution in [2.45, 2.75) is 25.9 Å². The summed E-state index contributed by atoms with van der Waals surface area (Å²) in [5.41, 5.74) is 2.72. The summed E-state index contributed by atoms with van der Waals surface area (Å²) in [5, 5.41) is 8.90. The number of carbonyl (C=O) groups is 1. The number of aryl methyl sites for hydroxylation is 1. The zero-order valence-electron chi connectivity index (χ0n) is 13.0. The lowest BCUT2D eigenvalue weighted by Gasteiger charge is -2.34. The van der Waals surface area contributed by atoms with E-state index in [9.17, 15) is 4.79 Å². The van der Waals surface area contributed by atoms with Gasteiger partial charge >= 0.3 is 0 Å². The average molecular weight is 306 g/mol. The lowest BCUT2D eigenvalue weighted by atomic mass is 10.0. The highest BCUT2D eigenvalue weighted by atomic mass is 16.5. The van der Waals surface area contributed by atoms with E-state index in [1.54, 1.807) is 4.90 Å². The van der Waals surface area contributed by atoms with Gasteiger partial charge in [-0.1, -0.05) is 43.3 Å². The number of benzene rings is 2. The molecule has 0 saturated heterocycles. The number of ether oxygens (including phenoxy) is 1. The van der Waals surface area contributed by atoms with Crippen molar-refractivity contribution in [1.29, 1.82) is 5.26 Å². The predicted molar refractivity (Wildman–Crippen MR) is 88.2 cm³/mol.